The molecule has 1 aromatic heterocycles. The minimum Gasteiger partial charge on any atom is -0.492 e. The number of unbranched alkanes of at least 4 members (excludes halogenated alkanes) is 2. The average molecular weight is 418 g/mol. The number of benzene rings is 1. The molecule has 0 aliphatic carbocycles. The van der Waals surface area contributed by atoms with E-state index >= 15 is 0 Å². The molecule has 0 bridgehead atoms. The lowest BCUT2D eigenvalue weighted by molar-refractivity contribution is 0.0442. The molecule has 8 heteroatoms. The van der Waals surface area contributed by atoms with Gasteiger partial charge in [0.05, 0.1) is 26.4 Å². The zero-order chi connectivity index (χ0) is 21.9. The van der Waals surface area contributed by atoms with Crippen LogP contribution in [0.1, 0.15) is 74.4 Å². The molecule has 0 aliphatic heterocycles. The van der Waals surface area contributed by atoms with Crippen molar-refractivity contribution in [3.63, 3.8) is 0 Å². The molecule has 30 heavy (non-hydrogen) atoms. The van der Waals surface area contributed by atoms with Crippen LogP contribution in [-0.2, 0) is 9.47 Å². The van der Waals surface area contributed by atoms with E-state index < -0.39 is 11.9 Å². The first-order valence-corrected chi connectivity index (χ1v) is 10.5. The molecule has 2 aromatic rings. The van der Waals surface area contributed by atoms with Crippen LogP contribution >= 0.6 is 0 Å². The van der Waals surface area contributed by atoms with Gasteiger partial charge in [0.25, 0.3) is 0 Å². The molecule has 0 N–H and O–H groups in total. The molecule has 0 saturated carbocycles. The van der Waals surface area contributed by atoms with E-state index in [0.29, 0.717) is 48.6 Å². The molecule has 8 nitrogen and oxygen atoms in total. The molecule has 1 heterocycles. The number of rotatable bonds is 12. The second-order valence-corrected chi connectivity index (χ2v) is 6.52. The number of ether oxygens (including phenoxy) is 4. The fraction of sp³-hybridized carbons (Fsp3) is 0.545. The highest BCUT2D eigenvalue weighted by Gasteiger charge is 2.26. The van der Waals surface area contributed by atoms with Crippen molar-refractivity contribution in [2.24, 2.45) is 0 Å². The van der Waals surface area contributed by atoms with Crippen molar-refractivity contribution in [1.29, 1.82) is 0 Å². The second-order valence-electron chi connectivity index (χ2n) is 6.52. The fourth-order valence-corrected chi connectivity index (χ4v) is 2.67. The molecular formula is C22H30N2O6. The van der Waals surface area contributed by atoms with Gasteiger partial charge in [-0.3, -0.25) is 0 Å². The zero-order valence-corrected chi connectivity index (χ0v) is 18.2. The van der Waals surface area contributed by atoms with Gasteiger partial charge in [0.2, 0.25) is 0 Å². The van der Waals surface area contributed by atoms with Gasteiger partial charge in [-0.05, 0) is 38.8 Å². The first kappa shape index (κ1) is 23.4. The minimum atomic E-state index is -0.718. The van der Waals surface area contributed by atoms with Crippen LogP contribution in [0.2, 0.25) is 0 Å². The molecule has 0 radical (unpaired) electrons. The van der Waals surface area contributed by atoms with Crippen molar-refractivity contribution in [2.45, 2.75) is 53.4 Å². The Hall–Kier alpha value is -2.90. The van der Waals surface area contributed by atoms with E-state index in [9.17, 15) is 9.59 Å². The Bertz CT molecular complexity index is 798. The number of fused-ring (bicyclic) bond motifs is 1. The summed E-state index contributed by atoms with van der Waals surface area (Å²) in [4.78, 5) is 34.2. The fourth-order valence-electron chi connectivity index (χ4n) is 2.67. The Labute approximate surface area is 176 Å². The Morgan fingerprint density at radius 3 is 1.47 bits per heavy atom. The minimum absolute atomic E-state index is 0.185. The van der Waals surface area contributed by atoms with Gasteiger partial charge in [-0.1, -0.05) is 26.7 Å². The van der Waals surface area contributed by atoms with Gasteiger partial charge in [-0.15, -0.1) is 0 Å². The third kappa shape index (κ3) is 5.81. The zero-order valence-electron chi connectivity index (χ0n) is 18.2. The van der Waals surface area contributed by atoms with E-state index in [0.717, 1.165) is 12.8 Å². The van der Waals surface area contributed by atoms with Gasteiger partial charge in [-0.25, -0.2) is 19.6 Å². The lowest BCUT2D eigenvalue weighted by atomic mass is 10.2. The molecule has 0 amide bonds. The first-order valence-electron chi connectivity index (χ1n) is 10.5. The van der Waals surface area contributed by atoms with Crippen molar-refractivity contribution in [3.05, 3.63) is 23.5 Å². The Morgan fingerprint density at radius 1 is 0.733 bits per heavy atom. The normalized spacial score (nSPS) is 10.7. The third-order valence-corrected chi connectivity index (χ3v) is 4.20. The highest BCUT2D eigenvalue weighted by Crippen LogP contribution is 2.32. The summed E-state index contributed by atoms with van der Waals surface area (Å²) in [5, 5.41) is 0. The van der Waals surface area contributed by atoms with Crippen LogP contribution in [0.15, 0.2) is 12.1 Å². The van der Waals surface area contributed by atoms with E-state index in [1.54, 1.807) is 12.1 Å². The number of esters is 2. The van der Waals surface area contributed by atoms with Crippen molar-refractivity contribution in [1.82, 2.24) is 9.97 Å². The predicted octanol–water partition coefficient (Wildman–Crippen LogP) is 4.34. The number of carbonyl (C=O) groups excluding carboxylic acids is 2. The Balaban J connectivity index is 2.59. The van der Waals surface area contributed by atoms with Crippen LogP contribution < -0.4 is 9.47 Å². The summed E-state index contributed by atoms with van der Waals surface area (Å²) < 4.78 is 21.9. The second kappa shape index (κ2) is 11.9. The quantitative estimate of drug-likeness (QED) is 0.371. The SMILES string of the molecule is CCCCOC(=O)c1nc2c(OCC)ccc(OCC)c2nc1C(=O)OCCCC. The van der Waals surface area contributed by atoms with Crippen LogP contribution in [0.4, 0.5) is 0 Å². The van der Waals surface area contributed by atoms with E-state index in [-0.39, 0.29) is 24.6 Å². The molecule has 0 spiro atoms. The van der Waals surface area contributed by atoms with Gasteiger partial charge in [-0.2, -0.15) is 0 Å². The van der Waals surface area contributed by atoms with Gasteiger partial charge in [0.1, 0.15) is 22.5 Å². The topological polar surface area (TPSA) is 96.8 Å². The Kier molecular flexibility index (Phi) is 9.31. The lowest BCUT2D eigenvalue weighted by Crippen LogP contribution is -2.19. The average Bonchev–Trinajstić information content (AvgIpc) is 2.75. The maximum absolute atomic E-state index is 12.7. The van der Waals surface area contributed by atoms with Crippen LogP contribution in [0.25, 0.3) is 11.0 Å². The number of carbonyl (C=O) groups is 2. The van der Waals surface area contributed by atoms with Gasteiger partial charge in [0.15, 0.2) is 11.4 Å². The number of aromatic nitrogens is 2. The summed E-state index contributed by atoms with van der Waals surface area (Å²) in [7, 11) is 0. The van der Waals surface area contributed by atoms with Crippen molar-refractivity contribution >= 4 is 23.0 Å². The number of hydrogen-bond acceptors (Lipinski definition) is 8. The Morgan fingerprint density at radius 2 is 1.13 bits per heavy atom. The van der Waals surface area contributed by atoms with E-state index in [2.05, 4.69) is 9.97 Å². The molecule has 164 valence electrons. The highest BCUT2D eigenvalue weighted by molar-refractivity contribution is 6.03. The van der Waals surface area contributed by atoms with Gasteiger partial charge >= 0.3 is 11.9 Å². The van der Waals surface area contributed by atoms with Crippen molar-refractivity contribution in [2.75, 3.05) is 26.4 Å². The third-order valence-electron chi connectivity index (χ3n) is 4.20. The molecule has 0 aliphatic rings. The van der Waals surface area contributed by atoms with Crippen molar-refractivity contribution in [3.8, 4) is 11.5 Å². The summed E-state index contributed by atoms with van der Waals surface area (Å²) >= 11 is 0. The summed E-state index contributed by atoms with van der Waals surface area (Å²) in [5.74, 6) is -0.553. The first-order chi connectivity index (χ1) is 14.6. The summed E-state index contributed by atoms with van der Waals surface area (Å²) in [6, 6.07) is 3.41. The smallest absolute Gasteiger partial charge is 0.359 e. The number of nitrogens with zero attached hydrogens (tertiary/aromatic N) is 2. The van der Waals surface area contributed by atoms with Gasteiger partial charge < -0.3 is 18.9 Å². The molecular weight excluding hydrogens is 388 g/mol. The summed E-state index contributed by atoms with van der Waals surface area (Å²) in [5.41, 5.74) is 0.287. The molecule has 0 unspecified atom stereocenters. The highest BCUT2D eigenvalue weighted by atomic mass is 16.5. The number of hydrogen-bond donors (Lipinski definition) is 0. The summed E-state index contributed by atoms with van der Waals surface area (Å²) in [6.07, 6.45) is 3.16. The van der Waals surface area contributed by atoms with E-state index in [1.807, 2.05) is 27.7 Å². The standard InChI is InChI=1S/C22H30N2O6/c1-5-9-13-29-21(25)19-20(22(26)30-14-10-6-2)24-18-16(28-8-4)12-11-15(27-7-3)17(18)23-19/h11-12H,5-10,13-14H2,1-4H3. The maximum Gasteiger partial charge on any atom is 0.359 e. The van der Waals surface area contributed by atoms with E-state index in [4.69, 9.17) is 18.9 Å². The molecule has 0 fully saturated rings. The van der Waals surface area contributed by atoms with Crippen LogP contribution in [-0.4, -0.2) is 48.3 Å². The largest absolute Gasteiger partial charge is 0.492 e. The predicted molar refractivity (Wildman–Crippen MR) is 112 cm³/mol. The van der Waals surface area contributed by atoms with Crippen LogP contribution in [0.3, 0.4) is 0 Å². The molecule has 1 aromatic carbocycles. The maximum atomic E-state index is 12.7. The summed E-state index contributed by atoms with van der Waals surface area (Å²) in [6.45, 7) is 8.94. The van der Waals surface area contributed by atoms with Crippen LogP contribution in [0.5, 0.6) is 11.5 Å². The monoisotopic (exact) mass is 418 g/mol. The molecule has 0 atom stereocenters. The van der Waals surface area contributed by atoms with E-state index in [1.165, 1.54) is 0 Å². The lowest BCUT2D eigenvalue weighted by Gasteiger charge is -2.14. The molecule has 2 rings (SSSR count). The molecule has 0 saturated heterocycles. The van der Waals surface area contributed by atoms with Crippen molar-refractivity contribution < 1.29 is 28.5 Å². The van der Waals surface area contributed by atoms with Crippen LogP contribution in [0, 0.1) is 0 Å². The van der Waals surface area contributed by atoms with Gasteiger partial charge in [0, 0.05) is 0 Å².